The predicted octanol–water partition coefficient (Wildman–Crippen LogP) is 4.56. The maximum Gasteiger partial charge on any atom is 0.185 e. The molecular formula is C18H14O4. The predicted molar refractivity (Wildman–Crippen MR) is 82.6 cm³/mol. The van der Waals surface area contributed by atoms with Gasteiger partial charge in [-0.05, 0) is 60.7 Å². The number of methoxy groups -OCH3 is 1. The number of hydrogen-bond donors (Lipinski definition) is 0. The molecule has 0 fully saturated rings. The summed E-state index contributed by atoms with van der Waals surface area (Å²) in [7, 11) is 1.62. The van der Waals surface area contributed by atoms with Gasteiger partial charge >= 0.3 is 0 Å². The van der Waals surface area contributed by atoms with Crippen LogP contribution in [0.4, 0.5) is 0 Å². The fourth-order valence-corrected chi connectivity index (χ4v) is 2.04. The topological polar surface area (TPSA) is 48.7 Å². The Balaban J connectivity index is 1.74. The first-order valence-corrected chi connectivity index (χ1v) is 6.76. The summed E-state index contributed by atoms with van der Waals surface area (Å²) in [6.07, 6.45) is 0.685. The van der Waals surface area contributed by atoms with E-state index < -0.39 is 0 Å². The lowest BCUT2D eigenvalue weighted by atomic mass is 10.2. The van der Waals surface area contributed by atoms with E-state index in [-0.39, 0.29) is 0 Å². The highest BCUT2D eigenvalue weighted by Gasteiger charge is 2.05. The van der Waals surface area contributed by atoms with E-state index in [9.17, 15) is 4.79 Å². The van der Waals surface area contributed by atoms with Crippen molar-refractivity contribution in [3.63, 3.8) is 0 Å². The third kappa shape index (κ3) is 3.01. The zero-order chi connectivity index (χ0) is 15.4. The van der Waals surface area contributed by atoms with Gasteiger partial charge in [0.05, 0.1) is 7.11 Å². The standard InChI is InChI=1S/C18H14O4/c1-20-14-6-8-16(9-7-14)21-15-4-2-13(3-5-15)18-11-10-17(12-19)22-18/h2-12H,1H3. The maximum absolute atomic E-state index is 10.6. The molecule has 0 bridgehead atoms. The summed E-state index contributed by atoms with van der Waals surface area (Å²) < 4.78 is 16.2. The van der Waals surface area contributed by atoms with Crippen LogP contribution >= 0.6 is 0 Å². The Hall–Kier alpha value is -3.01. The van der Waals surface area contributed by atoms with E-state index in [0.29, 0.717) is 17.8 Å². The molecule has 4 nitrogen and oxygen atoms in total. The molecule has 0 spiro atoms. The minimum absolute atomic E-state index is 0.313. The van der Waals surface area contributed by atoms with Crippen molar-refractivity contribution in [1.82, 2.24) is 0 Å². The number of rotatable bonds is 5. The Kier molecular flexibility index (Phi) is 3.92. The molecule has 0 N–H and O–H groups in total. The third-order valence-electron chi connectivity index (χ3n) is 3.18. The molecule has 1 aromatic heterocycles. The van der Waals surface area contributed by atoms with Crippen LogP contribution in [-0.4, -0.2) is 13.4 Å². The van der Waals surface area contributed by atoms with Crippen molar-refractivity contribution in [3.8, 4) is 28.6 Å². The van der Waals surface area contributed by atoms with Gasteiger partial charge in [-0.2, -0.15) is 0 Å². The van der Waals surface area contributed by atoms with E-state index in [1.54, 1.807) is 19.2 Å². The fraction of sp³-hybridized carbons (Fsp3) is 0.0556. The Bertz CT molecular complexity index is 755. The molecule has 0 aliphatic carbocycles. The summed E-state index contributed by atoms with van der Waals surface area (Å²) in [6, 6.07) is 18.2. The van der Waals surface area contributed by atoms with Gasteiger partial charge in [0.2, 0.25) is 0 Å². The highest BCUT2D eigenvalue weighted by atomic mass is 16.5. The average molecular weight is 294 g/mol. The van der Waals surface area contributed by atoms with Gasteiger partial charge in [0.25, 0.3) is 0 Å². The summed E-state index contributed by atoms with van der Waals surface area (Å²) in [5.74, 6) is 3.20. The van der Waals surface area contributed by atoms with Crippen LogP contribution in [0.25, 0.3) is 11.3 Å². The Morgan fingerprint density at radius 3 is 1.95 bits per heavy atom. The summed E-state index contributed by atoms with van der Waals surface area (Å²) in [5, 5.41) is 0. The van der Waals surface area contributed by atoms with E-state index >= 15 is 0 Å². The van der Waals surface area contributed by atoms with Gasteiger partial charge in [0.1, 0.15) is 23.0 Å². The molecule has 0 amide bonds. The number of ether oxygens (including phenoxy) is 2. The van der Waals surface area contributed by atoms with Gasteiger partial charge in [-0.25, -0.2) is 0 Å². The van der Waals surface area contributed by atoms with Crippen molar-refractivity contribution in [2.45, 2.75) is 0 Å². The average Bonchev–Trinajstić information content (AvgIpc) is 3.05. The molecule has 0 aliphatic rings. The van der Waals surface area contributed by atoms with Crippen LogP contribution < -0.4 is 9.47 Å². The molecule has 3 rings (SSSR count). The molecule has 0 saturated heterocycles. The maximum atomic E-state index is 10.6. The van der Waals surface area contributed by atoms with Crippen LogP contribution in [0.15, 0.2) is 65.1 Å². The fourth-order valence-electron chi connectivity index (χ4n) is 2.04. The molecule has 0 radical (unpaired) electrons. The normalized spacial score (nSPS) is 10.2. The van der Waals surface area contributed by atoms with Gasteiger partial charge in [0, 0.05) is 5.56 Å². The van der Waals surface area contributed by atoms with Crippen molar-refractivity contribution in [1.29, 1.82) is 0 Å². The second-order valence-corrected chi connectivity index (χ2v) is 4.62. The largest absolute Gasteiger partial charge is 0.497 e. The molecule has 0 unspecified atom stereocenters. The lowest BCUT2D eigenvalue weighted by molar-refractivity contribution is 0.110. The van der Waals surface area contributed by atoms with Gasteiger partial charge < -0.3 is 13.9 Å². The molecular weight excluding hydrogens is 280 g/mol. The summed E-state index contributed by atoms with van der Waals surface area (Å²) >= 11 is 0. The Morgan fingerprint density at radius 2 is 1.41 bits per heavy atom. The smallest absolute Gasteiger partial charge is 0.185 e. The number of furan rings is 1. The molecule has 0 atom stereocenters. The van der Waals surface area contributed by atoms with Crippen LogP contribution in [0, 0.1) is 0 Å². The quantitative estimate of drug-likeness (QED) is 0.647. The minimum atomic E-state index is 0.313. The van der Waals surface area contributed by atoms with Gasteiger partial charge in [-0.3, -0.25) is 4.79 Å². The van der Waals surface area contributed by atoms with E-state index in [1.165, 1.54) is 0 Å². The van der Waals surface area contributed by atoms with Crippen molar-refractivity contribution >= 4 is 6.29 Å². The molecule has 3 aromatic rings. The molecule has 1 heterocycles. The van der Waals surface area contributed by atoms with Crippen molar-refractivity contribution in [2.24, 2.45) is 0 Å². The Labute approximate surface area is 127 Å². The first-order valence-electron chi connectivity index (χ1n) is 6.76. The van der Waals surface area contributed by atoms with E-state index in [0.717, 1.165) is 22.8 Å². The highest BCUT2D eigenvalue weighted by molar-refractivity contribution is 5.72. The van der Waals surface area contributed by atoms with Crippen LogP contribution in [0.3, 0.4) is 0 Å². The van der Waals surface area contributed by atoms with Gasteiger partial charge in [-0.1, -0.05) is 0 Å². The number of hydrogen-bond acceptors (Lipinski definition) is 4. The van der Waals surface area contributed by atoms with Gasteiger partial charge in [-0.15, -0.1) is 0 Å². The highest BCUT2D eigenvalue weighted by Crippen LogP contribution is 2.27. The summed E-state index contributed by atoms with van der Waals surface area (Å²) in [5.41, 5.74) is 0.884. The number of carbonyl (C=O) groups is 1. The first kappa shape index (κ1) is 13.9. The van der Waals surface area contributed by atoms with Crippen molar-refractivity contribution < 1.29 is 18.7 Å². The van der Waals surface area contributed by atoms with E-state index in [4.69, 9.17) is 13.9 Å². The van der Waals surface area contributed by atoms with E-state index in [2.05, 4.69) is 0 Å². The zero-order valence-electron chi connectivity index (χ0n) is 12.0. The Morgan fingerprint density at radius 1 is 0.818 bits per heavy atom. The molecule has 0 aliphatic heterocycles. The second kappa shape index (κ2) is 6.18. The zero-order valence-corrected chi connectivity index (χ0v) is 12.0. The van der Waals surface area contributed by atoms with Crippen LogP contribution in [-0.2, 0) is 0 Å². The van der Waals surface area contributed by atoms with Crippen LogP contribution in [0.1, 0.15) is 10.6 Å². The number of benzene rings is 2. The monoisotopic (exact) mass is 294 g/mol. The summed E-state index contributed by atoms with van der Waals surface area (Å²) in [4.78, 5) is 10.6. The second-order valence-electron chi connectivity index (χ2n) is 4.62. The van der Waals surface area contributed by atoms with Crippen molar-refractivity contribution in [2.75, 3.05) is 7.11 Å². The van der Waals surface area contributed by atoms with Crippen LogP contribution in [0.5, 0.6) is 17.2 Å². The lowest BCUT2D eigenvalue weighted by Gasteiger charge is -2.07. The summed E-state index contributed by atoms with van der Waals surface area (Å²) in [6.45, 7) is 0. The number of carbonyl (C=O) groups excluding carboxylic acids is 1. The molecule has 110 valence electrons. The van der Waals surface area contributed by atoms with Crippen molar-refractivity contribution in [3.05, 3.63) is 66.4 Å². The molecule has 2 aromatic carbocycles. The van der Waals surface area contributed by atoms with Gasteiger partial charge in [0.15, 0.2) is 12.0 Å². The lowest BCUT2D eigenvalue weighted by Crippen LogP contribution is -1.85. The molecule has 4 heteroatoms. The third-order valence-corrected chi connectivity index (χ3v) is 3.18. The molecule has 0 saturated carbocycles. The minimum Gasteiger partial charge on any atom is -0.497 e. The molecule has 22 heavy (non-hydrogen) atoms. The SMILES string of the molecule is COc1ccc(Oc2ccc(-c3ccc(C=O)o3)cc2)cc1. The van der Waals surface area contributed by atoms with E-state index in [1.807, 2.05) is 48.5 Å². The first-order chi connectivity index (χ1) is 10.8. The number of aldehydes is 1. The van der Waals surface area contributed by atoms with Crippen LogP contribution in [0.2, 0.25) is 0 Å².